The summed E-state index contributed by atoms with van der Waals surface area (Å²) < 4.78 is 0.489. The number of aldehydes is 1. The van der Waals surface area contributed by atoms with Gasteiger partial charge < -0.3 is 5.11 Å². The van der Waals surface area contributed by atoms with E-state index < -0.39 is 0 Å². The Morgan fingerprint density at radius 3 is 2.78 bits per heavy atom. The highest BCUT2D eigenvalue weighted by Gasteiger charge is 1.91. The van der Waals surface area contributed by atoms with Crippen LogP contribution in [0.3, 0.4) is 0 Å². The number of hydrogen-bond donors (Lipinski definition) is 1. The minimum atomic E-state index is -0.377. The maximum absolute atomic E-state index is 9.92. The first-order valence-corrected chi connectivity index (χ1v) is 3.45. The Labute approximate surface area is 62.7 Å². The maximum atomic E-state index is 9.92. The van der Waals surface area contributed by atoms with Gasteiger partial charge in [-0.15, -0.1) is 0 Å². The molecule has 1 unspecified atom stereocenters. The summed E-state index contributed by atoms with van der Waals surface area (Å²) in [6.07, 6.45) is 2.47. The van der Waals surface area contributed by atoms with Gasteiger partial charge in [0.15, 0.2) is 6.29 Å². The van der Waals surface area contributed by atoms with E-state index in [0.29, 0.717) is 17.2 Å². The van der Waals surface area contributed by atoms with Crippen LogP contribution in [0.5, 0.6) is 0 Å². The summed E-state index contributed by atoms with van der Waals surface area (Å²) in [6.45, 7) is 1.67. The van der Waals surface area contributed by atoms with Crippen molar-refractivity contribution in [3.63, 3.8) is 0 Å². The third kappa shape index (κ3) is 5.73. The first-order valence-electron chi connectivity index (χ1n) is 2.65. The Morgan fingerprint density at radius 1 is 1.89 bits per heavy atom. The second-order valence-corrected chi connectivity index (χ2v) is 2.71. The average Bonchev–Trinajstić information content (AvgIpc) is 1.83. The van der Waals surface area contributed by atoms with Crippen LogP contribution >= 0.6 is 15.9 Å². The number of aliphatic hydroxyl groups is 1. The average molecular weight is 193 g/mol. The standard InChI is InChI=1S/C6H9BrO2/c1-5(9)2-3-6(7)4-8/h3-5,9H,2H2,1H3/b6-3-. The molecule has 0 aliphatic rings. The molecule has 0 aliphatic heterocycles. The smallest absolute Gasteiger partial charge is 0.156 e. The van der Waals surface area contributed by atoms with Crippen molar-refractivity contribution < 1.29 is 9.90 Å². The molecular formula is C6H9BrO2. The Morgan fingerprint density at radius 2 is 2.44 bits per heavy atom. The molecule has 0 aromatic heterocycles. The molecule has 0 rings (SSSR count). The zero-order valence-electron chi connectivity index (χ0n) is 5.17. The fourth-order valence-corrected chi connectivity index (χ4v) is 0.518. The van der Waals surface area contributed by atoms with E-state index in [0.717, 1.165) is 0 Å². The van der Waals surface area contributed by atoms with Crippen molar-refractivity contribution in [3.8, 4) is 0 Å². The van der Waals surface area contributed by atoms with Gasteiger partial charge in [0.2, 0.25) is 0 Å². The molecule has 0 bridgehead atoms. The number of carbonyl (C=O) groups is 1. The predicted octanol–water partition coefficient (Wildman–Crippen LogP) is 1.23. The third-order valence-electron chi connectivity index (χ3n) is 0.767. The summed E-state index contributed by atoms with van der Waals surface area (Å²) in [5.74, 6) is 0. The quantitative estimate of drug-likeness (QED) is 0.540. The number of carbonyl (C=O) groups excluding carboxylic acids is 1. The fraction of sp³-hybridized carbons (Fsp3) is 0.500. The van der Waals surface area contributed by atoms with Crippen LogP contribution in [0.4, 0.5) is 0 Å². The van der Waals surface area contributed by atoms with Gasteiger partial charge in [-0.1, -0.05) is 6.08 Å². The molecule has 2 nitrogen and oxygen atoms in total. The molecule has 0 aromatic rings. The molecule has 3 heteroatoms. The lowest BCUT2D eigenvalue weighted by atomic mass is 10.3. The molecule has 0 fully saturated rings. The van der Waals surface area contributed by atoms with Crippen molar-refractivity contribution in [2.75, 3.05) is 0 Å². The van der Waals surface area contributed by atoms with Crippen molar-refractivity contribution in [1.29, 1.82) is 0 Å². The van der Waals surface area contributed by atoms with Crippen LogP contribution in [0.25, 0.3) is 0 Å². The van der Waals surface area contributed by atoms with Crippen molar-refractivity contribution in [2.24, 2.45) is 0 Å². The van der Waals surface area contributed by atoms with Gasteiger partial charge in [0.1, 0.15) is 0 Å². The normalized spacial score (nSPS) is 15.2. The van der Waals surface area contributed by atoms with Crippen LogP contribution in [-0.2, 0) is 4.79 Å². The van der Waals surface area contributed by atoms with E-state index in [1.807, 2.05) is 0 Å². The van der Waals surface area contributed by atoms with E-state index >= 15 is 0 Å². The summed E-state index contributed by atoms with van der Waals surface area (Å²) in [5.41, 5.74) is 0. The summed E-state index contributed by atoms with van der Waals surface area (Å²) in [6, 6.07) is 0. The largest absolute Gasteiger partial charge is 0.393 e. The molecule has 0 heterocycles. The maximum Gasteiger partial charge on any atom is 0.156 e. The van der Waals surface area contributed by atoms with Crippen molar-refractivity contribution in [2.45, 2.75) is 19.4 Å². The first-order chi connectivity index (χ1) is 4.16. The second kappa shape index (κ2) is 4.70. The molecule has 0 aliphatic carbocycles. The molecule has 0 radical (unpaired) electrons. The number of aliphatic hydroxyl groups excluding tert-OH is 1. The highest BCUT2D eigenvalue weighted by molar-refractivity contribution is 9.12. The van der Waals surface area contributed by atoms with Crippen LogP contribution in [0.1, 0.15) is 13.3 Å². The molecule has 0 spiro atoms. The minimum absolute atomic E-state index is 0.377. The van der Waals surface area contributed by atoms with E-state index in [1.165, 1.54) is 0 Å². The topological polar surface area (TPSA) is 37.3 Å². The molecular weight excluding hydrogens is 184 g/mol. The van der Waals surface area contributed by atoms with Crippen LogP contribution in [0, 0.1) is 0 Å². The monoisotopic (exact) mass is 192 g/mol. The van der Waals surface area contributed by atoms with Crippen molar-refractivity contribution >= 4 is 22.2 Å². The predicted molar refractivity (Wildman–Crippen MR) is 39.4 cm³/mol. The fourth-order valence-electron chi connectivity index (χ4n) is 0.331. The van der Waals surface area contributed by atoms with E-state index in [9.17, 15) is 4.79 Å². The zero-order valence-corrected chi connectivity index (χ0v) is 6.76. The van der Waals surface area contributed by atoms with Gasteiger partial charge in [-0.2, -0.15) is 0 Å². The van der Waals surface area contributed by atoms with E-state index in [4.69, 9.17) is 5.11 Å². The Balaban J connectivity index is 3.56. The van der Waals surface area contributed by atoms with Gasteiger partial charge >= 0.3 is 0 Å². The van der Waals surface area contributed by atoms with Gasteiger partial charge in [0.25, 0.3) is 0 Å². The Kier molecular flexibility index (Phi) is 4.62. The van der Waals surface area contributed by atoms with Gasteiger partial charge in [-0.3, -0.25) is 4.79 Å². The lowest BCUT2D eigenvalue weighted by Gasteiger charge is -1.95. The van der Waals surface area contributed by atoms with Gasteiger partial charge in [-0.25, -0.2) is 0 Å². The Hall–Kier alpha value is -0.150. The molecule has 0 amide bonds. The number of allylic oxidation sites excluding steroid dienone is 1. The molecule has 0 saturated heterocycles. The van der Waals surface area contributed by atoms with Crippen LogP contribution in [0.2, 0.25) is 0 Å². The van der Waals surface area contributed by atoms with Crippen molar-refractivity contribution in [3.05, 3.63) is 10.6 Å². The van der Waals surface area contributed by atoms with E-state index in [-0.39, 0.29) is 6.10 Å². The highest BCUT2D eigenvalue weighted by atomic mass is 79.9. The number of hydrogen-bond acceptors (Lipinski definition) is 2. The lowest BCUT2D eigenvalue weighted by Crippen LogP contribution is -1.95. The van der Waals surface area contributed by atoms with Gasteiger partial charge in [0.05, 0.1) is 10.6 Å². The molecule has 52 valence electrons. The first kappa shape index (κ1) is 8.85. The molecule has 1 N–H and O–H groups in total. The third-order valence-corrected chi connectivity index (χ3v) is 1.28. The molecule has 9 heavy (non-hydrogen) atoms. The molecule has 1 atom stereocenters. The minimum Gasteiger partial charge on any atom is -0.393 e. The van der Waals surface area contributed by atoms with Crippen LogP contribution < -0.4 is 0 Å². The molecule has 0 aromatic carbocycles. The summed E-state index contributed by atoms with van der Waals surface area (Å²) >= 11 is 2.99. The number of halogens is 1. The van der Waals surface area contributed by atoms with Crippen LogP contribution in [-0.4, -0.2) is 17.5 Å². The highest BCUT2D eigenvalue weighted by Crippen LogP contribution is 2.02. The number of rotatable bonds is 3. The van der Waals surface area contributed by atoms with E-state index in [1.54, 1.807) is 13.0 Å². The Bertz CT molecular complexity index is 118. The van der Waals surface area contributed by atoms with Gasteiger partial charge in [0, 0.05) is 0 Å². The van der Waals surface area contributed by atoms with E-state index in [2.05, 4.69) is 15.9 Å². The van der Waals surface area contributed by atoms with Crippen molar-refractivity contribution in [1.82, 2.24) is 0 Å². The van der Waals surface area contributed by atoms with Gasteiger partial charge in [-0.05, 0) is 29.3 Å². The SMILES string of the molecule is CC(O)C/C=C(\Br)C=O. The summed E-state index contributed by atoms with van der Waals surface area (Å²) in [4.78, 5) is 9.92. The van der Waals surface area contributed by atoms with Crippen LogP contribution in [0.15, 0.2) is 10.6 Å². The zero-order chi connectivity index (χ0) is 7.28. The molecule has 0 saturated carbocycles. The summed E-state index contributed by atoms with van der Waals surface area (Å²) in [5, 5.41) is 8.72. The lowest BCUT2D eigenvalue weighted by molar-refractivity contribution is -0.104. The second-order valence-electron chi connectivity index (χ2n) is 1.79. The summed E-state index contributed by atoms with van der Waals surface area (Å²) in [7, 11) is 0.